The number of nitro groups is 1. The third-order valence-electron chi connectivity index (χ3n) is 3.54. The quantitative estimate of drug-likeness (QED) is 0.553. The first-order chi connectivity index (χ1) is 12.9. The number of carbonyl (C=O) groups excluding carboxylic acids is 1. The number of nitrogens with zero attached hydrogens (tertiary/aromatic N) is 1. The molecule has 2 N–H and O–H groups in total. The Bertz CT molecular complexity index is 1020. The molecule has 1 amide bonds. The van der Waals surface area contributed by atoms with Crippen molar-refractivity contribution in [3.8, 4) is 0 Å². The van der Waals surface area contributed by atoms with Crippen LogP contribution in [0.15, 0.2) is 47.4 Å². The fourth-order valence-corrected chi connectivity index (χ4v) is 3.58. The number of carbonyl (C=O) groups is 1. The highest BCUT2D eigenvalue weighted by Gasteiger charge is 2.29. The second-order valence-corrected chi connectivity index (χ2v) is 7.31. The molecule has 0 unspecified atom stereocenters. The predicted octanol–water partition coefficient (Wildman–Crippen LogP) is 3.00. The van der Waals surface area contributed by atoms with E-state index in [0.717, 1.165) is 18.2 Å². The standard InChI is InChI=1S/C16H14F3N3O5S/c1-10-6-7-11(22(24)25)8-14(10)28(26,27)21-13-5-3-2-4-12(13)15(23)20-9-16(17,18)19/h2-8,21H,9H2,1H3,(H,20,23). The van der Waals surface area contributed by atoms with Gasteiger partial charge in [-0.05, 0) is 24.6 Å². The van der Waals surface area contributed by atoms with Gasteiger partial charge >= 0.3 is 6.18 Å². The van der Waals surface area contributed by atoms with Gasteiger partial charge in [-0.2, -0.15) is 13.2 Å². The van der Waals surface area contributed by atoms with Gasteiger partial charge in [0, 0.05) is 12.1 Å². The zero-order valence-electron chi connectivity index (χ0n) is 14.3. The SMILES string of the molecule is Cc1ccc([N+](=O)[O-])cc1S(=O)(=O)Nc1ccccc1C(=O)NCC(F)(F)F. The number of nitro benzene ring substituents is 1. The Balaban J connectivity index is 2.37. The maximum absolute atomic E-state index is 12.6. The first-order valence-electron chi connectivity index (χ1n) is 7.62. The molecule has 0 heterocycles. The topological polar surface area (TPSA) is 118 Å². The zero-order valence-corrected chi connectivity index (χ0v) is 15.1. The van der Waals surface area contributed by atoms with Crippen LogP contribution in [-0.4, -0.2) is 32.0 Å². The van der Waals surface area contributed by atoms with Gasteiger partial charge in [-0.3, -0.25) is 19.6 Å². The van der Waals surface area contributed by atoms with Crippen molar-refractivity contribution in [1.82, 2.24) is 5.32 Å². The Labute approximate surface area is 157 Å². The summed E-state index contributed by atoms with van der Waals surface area (Å²) in [6.45, 7) is -0.170. The number of amides is 1. The van der Waals surface area contributed by atoms with Crippen LogP contribution in [-0.2, 0) is 10.0 Å². The van der Waals surface area contributed by atoms with Crippen molar-refractivity contribution in [3.05, 3.63) is 63.7 Å². The van der Waals surface area contributed by atoms with Crippen molar-refractivity contribution in [2.75, 3.05) is 11.3 Å². The van der Waals surface area contributed by atoms with Gasteiger partial charge in [0.25, 0.3) is 21.6 Å². The summed E-state index contributed by atoms with van der Waals surface area (Å²) in [5.74, 6) is -1.13. The lowest BCUT2D eigenvalue weighted by Gasteiger charge is -2.14. The maximum atomic E-state index is 12.6. The smallest absolute Gasteiger partial charge is 0.343 e. The van der Waals surface area contributed by atoms with Crippen molar-refractivity contribution in [2.24, 2.45) is 0 Å². The number of hydrogen-bond donors (Lipinski definition) is 2. The van der Waals surface area contributed by atoms with E-state index in [4.69, 9.17) is 0 Å². The molecule has 2 aromatic carbocycles. The summed E-state index contributed by atoms with van der Waals surface area (Å²) in [5, 5.41) is 12.5. The number of rotatable bonds is 6. The summed E-state index contributed by atoms with van der Waals surface area (Å²) >= 11 is 0. The highest BCUT2D eigenvalue weighted by atomic mass is 32.2. The van der Waals surface area contributed by atoms with E-state index in [1.165, 1.54) is 31.2 Å². The number of sulfonamides is 1. The van der Waals surface area contributed by atoms with Crippen molar-refractivity contribution < 1.29 is 31.3 Å². The molecule has 0 spiro atoms. The van der Waals surface area contributed by atoms with E-state index in [1.54, 1.807) is 5.32 Å². The van der Waals surface area contributed by atoms with E-state index in [9.17, 15) is 36.5 Å². The van der Waals surface area contributed by atoms with Gasteiger partial charge in [-0.1, -0.05) is 18.2 Å². The molecule has 8 nitrogen and oxygen atoms in total. The summed E-state index contributed by atoms with van der Waals surface area (Å²) in [6.07, 6.45) is -4.63. The molecule has 28 heavy (non-hydrogen) atoms. The monoisotopic (exact) mass is 417 g/mol. The number of aryl methyl sites for hydroxylation is 1. The van der Waals surface area contributed by atoms with Crippen LogP contribution >= 0.6 is 0 Å². The lowest BCUT2D eigenvalue weighted by atomic mass is 10.1. The number of alkyl halides is 3. The number of non-ortho nitro benzene ring substituents is 1. The molecule has 2 rings (SSSR count). The van der Waals surface area contributed by atoms with E-state index < -0.39 is 44.2 Å². The minimum atomic E-state index is -4.63. The Hall–Kier alpha value is -3.15. The number of benzene rings is 2. The Kier molecular flexibility index (Phi) is 5.92. The maximum Gasteiger partial charge on any atom is 0.405 e. The third-order valence-corrected chi connectivity index (χ3v) is 5.04. The van der Waals surface area contributed by atoms with Crippen LogP contribution in [0.4, 0.5) is 24.5 Å². The molecule has 0 aliphatic heterocycles. The molecule has 0 bridgehead atoms. The fourth-order valence-electron chi connectivity index (χ4n) is 2.24. The van der Waals surface area contributed by atoms with Crippen LogP contribution in [0.25, 0.3) is 0 Å². The van der Waals surface area contributed by atoms with Crippen LogP contribution < -0.4 is 10.0 Å². The van der Waals surface area contributed by atoms with Crippen molar-refractivity contribution in [1.29, 1.82) is 0 Å². The van der Waals surface area contributed by atoms with Gasteiger partial charge < -0.3 is 5.32 Å². The summed E-state index contributed by atoms with van der Waals surface area (Å²) in [7, 11) is -4.36. The van der Waals surface area contributed by atoms with Gasteiger partial charge in [0.05, 0.1) is 21.1 Å². The van der Waals surface area contributed by atoms with Gasteiger partial charge in [0.1, 0.15) is 6.54 Å². The molecule has 0 saturated carbocycles. The molecule has 0 fully saturated rings. The molecule has 0 aromatic heterocycles. The summed E-state index contributed by atoms with van der Waals surface area (Å²) in [6, 6.07) is 8.28. The highest BCUT2D eigenvalue weighted by Crippen LogP contribution is 2.25. The lowest BCUT2D eigenvalue weighted by Crippen LogP contribution is -2.34. The first-order valence-corrected chi connectivity index (χ1v) is 9.11. The molecule has 0 saturated heterocycles. The minimum Gasteiger partial charge on any atom is -0.343 e. The van der Waals surface area contributed by atoms with Gasteiger partial charge in [-0.15, -0.1) is 0 Å². The highest BCUT2D eigenvalue weighted by molar-refractivity contribution is 7.92. The van der Waals surface area contributed by atoms with Crippen LogP contribution in [0.1, 0.15) is 15.9 Å². The average molecular weight is 417 g/mol. The molecule has 0 aliphatic rings. The van der Waals surface area contributed by atoms with Crippen LogP contribution in [0.3, 0.4) is 0 Å². The van der Waals surface area contributed by atoms with Crippen molar-refractivity contribution in [2.45, 2.75) is 18.0 Å². The van der Waals surface area contributed by atoms with E-state index in [0.29, 0.717) is 0 Å². The van der Waals surface area contributed by atoms with Crippen molar-refractivity contribution >= 4 is 27.3 Å². The Morgan fingerprint density at radius 1 is 1.18 bits per heavy atom. The number of para-hydroxylation sites is 1. The van der Waals surface area contributed by atoms with E-state index in [-0.39, 0.29) is 16.8 Å². The molecular formula is C16H14F3N3O5S. The number of nitrogens with one attached hydrogen (secondary N) is 2. The van der Waals surface area contributed by atoms with Crippen LogP contribution in [0, 0.1) is 17.0 Å². The number of anilines is 1. The zero-order chi connectivity index (χ0) is 21.1. The lowest BCUT2D eigenvalue weighted by molar-refractivity contribution is -0.385. The van der Waals surface area contributed by atoms with Crippen molar-refractivity contribution in [3.63, 3.8) is 0 Å². The molecular weight excluding hydrogens is 403 g/mol. The first kappa shape index (κ1) is 21.2. The normalized spacial score (nSPS) is 11.7. The predicted molar refractivity (Wildman–Crippen MR) is 93.5 cm³/mol. The second-order valence-electron chi connectivity index (χ2n) is 5.66. The molecule has 0 aliphatic carbocycles. The van der Waals surface area contributed by atoms with Gasteiger partial charge in [0.2, 0.25) is 0 Å². The number of hydrogen-bond acceptors (Lipinski definition) is 5. The third kappa shape index (κ3) is 5.19. The second kappa shape index (κ2) is 7.84. The Morgan fingerprint density at radius 3 is 2.43 bits per heavy atom. The van der Waals surface area contributed by atoms with E-state index in [1.807, 2.05) is 0 Å². The molecule has 0 atom stereocenters. The largest absolute Gasteiger partial charge is 0.405 e. The van der Waals surface area contributed by atoms with E-state index >= 15 is 0 Å². The minimum absolute atomic E-state index is 0.206. The van der Waals surface area contributed by atoms with Gasteiger partial charge in [0.15, 0.2) is 0 Å². The summed E-state index contributed by atoms with van der Waals surface area (Å²) in [5.41, 5.74) is -0.856. The molecule has 12 heteroatoms. The van der Waals surface area contributed by atoms with Crippen LogP contribution in [0.5, 0.6) is 0 Å². The molecule has 2 aromatic rings. The van der Waals surface area contributed by atoms with Crippen LogP contribution in [0.2, 0.25) is 0 Å². The molecule has 0 radical (unpaired) electrons. The Morgan fingerprint density at radius 2 is 1.82 bits per heavy atom. The number of halogens is 3. The average Bonchev–Trinajstić information content (AvgIpc) is 2.59. The molecule has 150 valence electrons. The summed E-state index contributed by atoms with van der Waals surface area (Å²) in [4.78, 5) is 21.7. The summed E-state index contributed by atoms with van der Waals surface area (Å²) < 4.78 is 64.3. The van der Waals surface area contributed by atoms with E-state index in [2.05, 4.69) is 4.72 Å². The fraction of sp³-hybridized carbons (Fsp3) is 0.188. The van der Waals surface area contributed by atoms with Gasteiger partial charge in [-0.25, -0.2) is 8.42 Å².